The van der Waals surface area contributed by atoms with E-state index in [0.29, 0.717) is 19.6 Å². The topological polar surface area (TPSA) is 55.3 Å². The van der Waals surface area contributed by atoms with E-state index >= 15 is 0 Å². The molecule has 0 aliphatic carbocycles. The maximum Gasteiger partial charge on any atom is 0.307 e. The lowest BCUT2D eigenvalue weighted by atomic mass is 10.4. The highest BCUT2D eigenvalue weighted by molar-refractivity contribution is 7.13. The smallest absolute Gasteiger partial charge is 0.307 e. The molecule has 1 aromatic heterocycles. The molecule has 5 nitrogen and oxygen atoms in total. The average molecular weight is 215 g/mol. The molecule has 0 fully saturated rings. The van der Waals surface area contributed by atoms with E-state index in [9.17, 15) is 4.79 Å². The molecule has 0 aliphatic rings. The van der Waals surface area contributed by atoms with Gasteiger partial charge in [0.15, 0.2) is 0 Å². The largest absolute Gasteiger partial charge is 0.466 e. The van der Waals surface area contributed by atoms with E-state index in [4.69, 9.17) is 4.74 Å². The zero-order chi connectivity index (χ0) is 10.4. The highest BCUT2D eigenvalue weighted by Gasteiger charge is 2.07. The van der Waals surface area contributed by atoms with Crippen LogP contribution in [0.2, 0.25) is 0 Å². The van der Waals surface area contributed by atoms with Gasteiger partial charge in [0.05, 0.1) is 13.0 Å². The van der Waals surface area contributed by atoms with Crippen LogP contribution < -0.4 is 4.90 Å². The van der Waals surface area contributed by atoms with Gasteiger partial charge in [-0.15, -0.1) is 10.2 Å². The molecule has 1 rings (SSSR count). The Balaban J connectivity index is 2.28. The zero-order valence-electron chi connectivity index (χ0n) is 8.27. The van der Waals surface area contributed by atoms with Crippen molar-refractivity contribution < 1.29 is 9.53 Å². The van der Waals surface area contributed by atoms with Crippen LogP contribution in [0.1, 0.15) is 13.3 Å². The number of hydrogen-bond acceptors (Lipinski definition) is 6. The van der Waals surface area contributed by atoms with Crippen molar-refractivity contribution in [1.82, 2.24) is 10.2 Å². The monoisotopic (exact) mass is 215 g/mol. The van der Waals surface area contributed by atoms with Crippen LogP contribution in [0.15, 0.2) is 5.51 Å². The number of carbonyl (C=O) groups is 1. The molecule has 0 aliphatic heterocycles. The maximum absolute atomic E-state index is 11.0. The summed E-state index contributed by atoms with van der Waals surface area (Å²) in [4.78, 5) is 12.9. The predicted octanol–water partition coefficient (Wildman–Crippen LogP) is 0.927. The first-order valence-electron chi connectivity index (χ1n) is 4.37. The Hall–Kier alpha value is -1.17. The normalized spacial score (nSPS) is 9.86. The summed E-state index contributed by atoms with van der Waals surface area (Å²) in [6.07, 6.45) is 0.379. The zero-order valence-corrected chi connectivity index (χ0v) is 9.08. The molecule has 14 heavy (non-hydrogen) atoms. The van der Waals surface area contributed by atoms with Crippen molar-refractivity contribution in [2.75, 3.05) is 25.1 Å². The molecule has 0 bridgehead atoms. The number of anilines is 1. The molecule has 6 heteroatoms. The van der Waals surface area contributed by atoms with Crippen molar-refractivity contribution in [3.63, 3.8) is 0 Å². The molecule has 78 valence electrons. The molecule has 0 aromatic carbocycles. The Labute approximate surface area is 86.7 Å². The van der Waals surface area contributed by atoms with Crippen molar-refractivity contribution in [1.29, 1.82) is 0 Å². The van der Waals surface area contributed by atoms with Gasteiger partial charge in [-0.25, -0.2) is 0 Å². The van der Waals surface area contributed by atoms with E-state index in [0.717, 1.165) is 5.13 Å². The van der Waals surface area contributed by atoms with Gasteiger partial charge < -0.3 is 9.64 Å². The van der Waals surface area contributed by atoms with Gasteiger partial charge in [-0.2, -0.15) is 0 Å². The summed E-state index contributed by atoms with van der Waals surface area (Å²) in [6.45, 7) is 2.84. The Morgan fingerprint density at radius 3 is 3.07 bits per heavy atom. The number of aromatic nitrogens is 2. The van der Waals surface area contributed by atoms with Crippen LogP contribution in [-0.2, 0) is 9.53 Å². The number of ether oxygens (including phenoxy) is 1. The van der Waals surface area contributed by atoms with Gasteiger partial charge >= 0.3 is 5.97 Å². The van der Waals surface area contributed by atoms with E-state index in [2.05, 4.69) is 10.2 Å². The van der Waals surface area contributed by atoms with Gasteiger partial charge in [0.25, 0.3) is 0 Å². The first-order valence-corrected chi connectivity index (χ1v) is 5.25. The lowest BCUT2D eigenvalue weighted by Gasteiger charge is -2.13. The van der Waals surface area contributed by atoms with E-state index in [1.54, 1.807) is 12.4 Å². The third kappa shape index (κ3) is 3.29. The molecular weight excluding hydrogens is 202 g/mol. The average Bonchev–Trinajstić information content (AvgIpc) is 2.67. The molecule has 0 saturated carbocycles. The predicted molar refractivity (Wildman–Crippen MR) is 54.4 cm³/mol. The molecule has 0 amide bonds. The molecule has 0 unspecified atom stereocenters. The van der Waals surface area contributed by atoms with Gasteiger partial charge in [-0.3, -0.25) is 4.79 Å². The summed E-state index contributed by atoms with van der Waals surface area (Å²) < 4.78 is 4.81. The summed E-state index contributed by atoms with van der Waals surface area (Å²) in [5.74, 6) is -0.177. The minimum absolute atomic E-state index is 0.177. The van der Waals surface area contributed by atoms with Crippen LogP contribution >= 0.6 is 11.3 Å². The van der Waals surface area contributed by atoms with Gasteiger partial charge in [0.2, 0.25) is 5.13 Å². The minimum atomic E-state index is -0.177. The minimum Gasteiger partial charge on any atom is -0.466 e. The SMILES string of the molecule is CCOC(=O)CCN(C)c1nncs1. The fourth-order valence-electron chi connectivity index (χ4n) is 0.921. The Kier molecular flexibility index (Phi) is 4.31. The molecule has 1 aromatic rings. The molecule has 0 N–H and O–H groups in total. The van der Waals surface area contributed by atoms with E-state index in [1.165, 1.54) is 11.3 Å². The molecule has 0 radical (unpaired) electrons. The van der Waals surface area contributed by atoms with Crippen LogP contribution in [0.5, 0.6) is 0 Å². The van der Waals surface area contributed by atoms with Gasteiger partial charge in [-0.1, -0.05) is 11.3 Å². The van der Waals surface area contributed by atoms with Crippen LogP contribution in [0, 0.1) is 0 Å². The number of carbonyl (C=O) groups excluding carboxylic acids is 1. The van der Waals surface area contributed by atoms with Gasteiger partial charge in [0, 0.05) is 13.6 Å². The first kappa shape index (κ1) is 10.9. The number of nitrogens with zero attached hydrogens (tertiary/aromatic N) is 3. The van der Waals surface area contributed by atoms with Crippen molar-refractivity contribution in [2.45, 2.75) is 13.3 Å². The van der Waals surface area contributed by atoms with Gasteiger partial charge in [-0.05, 0) is 6.92 Å². The summed E-state index contributed by atoms with van der Waals surface area (Å²) in [7, 11) is 1.87. The Morgan fingerprint density at radius 1 is 1.71 bits per heavy atom. The number of rotatable bonds is 5. The highest BCUT2D eigenvalue weighted by Crippen LogP contribution is 2.13. The van der Waals surface area contributed by atoms with Gasteiger partial charge in [0.1, 0.15) is 5.51 Å². The second kappa shape index (κ2) is 5.54. The number of hydrogen-bond donors (Lipinski definition) is 0. The second-order valence-electron chi connectivity index (χ2n) is 2.70. The fraction of sp³-hybridized carbons (Fsp3) is 0.625. The summed E-state index contributed by atoms with van der Waals surface area (Å²) in [5.41, 5.74) is 1.66. The summed E-state index contributed by atoms with van der Waals surface area (Å²) in [6, 6.07) is 0. The van der Waals surface area contributed by atoms with E-state index < -0.39 is 0 Å². The van der Waals surface area contributed by atoms with Crippen molar-refractivity contribution >= 4 is 22.4 Å². The van der Waals surface area contributed by atoms with Crippen LogP contribution in [0.3, 0.4) is 0 Å². The highest BCUT2D eigenvalue weighted by atomic mass is 32.1. The van der Waals surface area contributed by atoms with Crippen molar-refractivity contribution in [3.05, 3.63) is 5.51 Å². The van der Waals surface area contributed by atoms with E-state index in [1.807, 2.05) is 11.9 Å². The van der Waals surface area contributed by atoms with Crippen LogP contribution in [0.4, 0.5) is 5.13 Å². The molecule has 0 atom stereocenters. The van der Waals surface area contributed by atoms with Crippen molar-refractivity contribution in [3.8, 4) is 0 Å². The third-order valence-electron chi connectivity index (χ3n) is 1.63. The van der Waals surface area contributed by atoms with Crippen LogP contribution in [0.25, 0.3) is 0 Å². The molecule has 0 spiro atoms. The standard InChI is InChI=1S/C8H13N3O2S/c1-3-13-7(12)4-5-11(2)8-10-9-6-14-8/h6H,3-5H2,1-2H3. The molecular formula is C8H13N3O2S. The first-order chi connectivity index (χ1) is 6.74. The summed E-state index contributed by atoms with van der Waals surface area (Å²) >= 11 is 1.45. The van der Waals surface area contributed by atoms with Crippen LogP contribution in [-0.4, -0.2) is 36.4 Å². The molecule has 0 saturated heterocycles. The Bertz CT molecular complexity index is 276. The number of esters is 1. The van der Waals surface area contributed by atoms with E-state index in [-0.39, 0.29) is 5.97 Å². The molecule has 1 heterocycles. The quantitative estimate of drug-likeness (QED) is 0.684. The second-order valence-corrected chi connectivity index (χ2v) is 3.51. The third-order valence-corrected chi connectivity index (χ3v) is 2.44. The summed E-state index contributed by atoms with van der Waals surface area (Å²) in [5, 5.41) is 8.41. The lowest BCUT2D eigenvalue weighted by molar-refractivity contribution is -0.142. The fourth-order valence-corrected chi connectivity index (χ4v) is 1.48. The Morgan fingerprint density at radius 2 is 2.50 bits per heavy atom. The van der Waals surface area contributed by atoms with Crippen molar-refractivity contribution in [2.24, 2.45) is 0 Å². The maximum atomic E-state index is 11.0. The lowest BCUT2D eigenvalue weighted by Crippen LogP contribution is -2.21.